The molecule has 0 unspecified atom stereocenters. The topological polar surface area (TPSA) is 40.5 Å². The molecule has 0 fully saturated rings. The number of rotatable bonds is 3. The van der Waals surface area contributed by atoms with Crippen molar-refractivity contribution in [3.8, 4) is 11.1 Å². The quantitative estimate of drug-likeness (QED) is 0.582. The SMILES string of the molecule is O=C(O)N(c1ccc(-c2ccccc2)cc1)c1ccc(Cl)c(Cl)c1. The van der Waals surface area contributed by atoms with Gasteiger partial charge >= 0.3 is 6.09 Å². The van der Waals surface area contributed by atoms with Gasteiger partial charge in [-0.15, -0.1) is 0 Å². The van der Waals surface area contributed by atoms with Crippen LogP contribution in [-0.2, 0) is 0 Å². The van der Waals surface area contributed by atoms with E-state index in [1.165, 1.54) is 6.07 Å². The Hall–Kier alpha value is -2.49. The molecule has 0 spiro atoms. The third-order valence-corrected chi connectivity index (χ3v) is 4.32. The Balaban J connectivity index is 1.97. The number of carboxylic acid groups (broad SMARTS) is 1. The molecule has 0 saturated heterocycles. The molecular formula is C19H13Cl2NO2. The van der Waals surface area contributed by atoms with Crippen molar-refractivity contribution in [1.82, 2.24) is 0 Å². The summed E-state index contributed by atoms with van der Waals surface area (Å²) in [6.07, 6.45) is -1.10. The first-order valence-corrected chi connectivity index (χ1v) is 7.95. The molecule has 0 radical (unpaired) electrons. The maximum atomic E-state index is 11.7. The smallest absolute Gasteiger partial charge is 0.416 e. The lowest BCUT2D eigenvalue weighted by Crippen LogP contribution is -2.23. The standard InChI is InChI=1S/C19H13Cl2NO2/c20-17-11-10-16(12-18(17)21)22(19(23)24)15-8-6-14(7-9-15)13-4-2-1-3-5-13/h1-12H,(H,23,24). The van der Waals surface area contributed by atoms with Gasteiger partial charge in [-0.3, -0.25) is 0 Å². The highest BCUT2D eigenvalue weighted by molar-refractivity contribution is 6.42. The van der Waals surface area contributed by atoms with Crippen molar-refractivity contribution >= 4 is 40.7 Å². The monoisotopic (exact) mass is 357 g/mol. The number of anilines is 2. The zero-order valence-corrected chi connectivity index (χ0v) is 14.0. The van der Waals surface area contributed by atoms with Crippen LogP contribution in [0.2, 0.25) is 10.0 Å². The molecule has 0 saturated carbocycles. The summed E-state index contributed by atoms with van der Waals surface area (Å²) in [5.74, 6) is 0. The predicted octanol–water partition coefficient (Wildman–Crippen LogP) is 6.48. The molecule has 1 N–H and O–H groups in total. The molecule has 0 atom stereocenters. The van der Waals surface area contributed by atoms with Gasteiger partial charge < -0.3 is 5.11 Å². The third kappa shape index (κ3) is 3.37. The molecule has 3 rings (SSSR count). The number of hydrogen-bond acceptors (Lipinski definition) is 1. The van der Waals surface area contributed by atoms with Gasteiger partial charge in [-0.2, -0.15) is 0 Å². The summed E-state index contributed by atoms with van der Waals surface area (Å²) in [5.41, 5.74) is 3.05. The van der Waals surface area contributed by atoms with E-state index in [9.17, 15) is 9.90 Å². The highest BCUT2D eigenvalue weighted by Gasteiger charge is 2.18. The minimum atomic E-state index is -1.10. The summed E-state index contributed by atoms with van der Waals surface area (Å²) in [4.78, 5) is 12.9. The van der Waals surface area contributed by atoms with Crippen LogP contribution in [0.3, 0.4) is 0 Å². The van der Waals surface area contributed by atoms with Crippen molar-refractivity contribution in [2.45, 2.75) is 0 Å². The van der Waals surface area contributed by atoms with Gasteiger partial charge in [0.05, 0.1) is 21.4 Å². The van der Waals surface area contributed by atoms with E-state index in [2.05, 4.69) is 0 Å². The maximum absolute atomic E-state index is 11.7. The van der Waals surface area contributed by atoms with Crippen LogP contribution in [-0.4, -0.2) is 11.2 Å². The Bertz CT molecular complexity index is 864. The Kier molecular flexibility index (Phi) is 4.74. The van der Waals surface area contributed by atoms with Gasteiger partial charge in [0.2, 0.25) is 0 Å². The Morgan fingerprint density at radius 2 is 1.33 bits per heavy atom. The van der Waals surface area contributed by atoms with E-state index in [4.69, 9.17) is 23.2 Å². The second kappa shape index (κ2) is 6.95. The van der Waals surface area contributed by atoms with Crippen LogP contribution in [0.25, 0.3) is 11.1 Å². The first kappa shape index (κ1) is 16.4. The summed E-state index contributed by atoms with van der Waals surface area (Å²) in [7, 11) is 0. The first-order chi connectivity index (χ1) is 11.6. The van der Waals surface area contributed by atoms with Gasteiger partial charge in [-0.05, 0) is 41.5 Å². The summed E-state index contributed by atoms with van der Waals surface area (Å²) in [6.45, 7) is 0. The second-order valence-corrected chi connectivity index (χ2v) is 5.94. The molecule has 3 aromatic rings. The Labute approximate surface area is 149 Å². The molecule has 0 aliphatic heterocycles. The van der Waals surface area contributed by atoms with Crippen molar-refractivity contribution in [1.29, 1.82) is 0 Å². The number of halogens is 2. The van der Waals surface area contributed by atoms with E-state index in [1.807, 2.05) is 42.5 Å². The van der Waals surface area contributed by atoms with E-state index in [-0.39, 0.29) is 0 Å². The van der Waals surface area contributed by atoms with Gasteiger partial charge in [0.25, 0.3) is 0 Å². The van der Waals surface area contributed by atoms with Gasteiger partial charge in [-0.25, -0.2) is 9.69 Å². The fourth-order valence-electron chi connectivity index (χ4n) is 2.43. The van der Waals surface area contributed by atoms with E-state index < -0.39 is 6.09 Å². The normalized spacial score (nSPS) is 10.4. The fraction of sp³-hybridized carbons (Fsp3) is 0. The molecule has 3 nitrogen and oxygen atoms in total. The van der Waals surface area contributed by atoms with Crippen LogP contribution >= 0.6 is 23.2 Å². The van der Waals surface area contributed by atoms with E-state index in [0.717, 1.165) is 16.0 Å². The zero-order valence-electron chi connectivity index (χ0n) is 12.5. The molecule has 0 aromatic heterocycles. The molecule has 3 aromatic carbocycles. The van der Waals surface area contributed by atoms with Crippen LogP contribution in [0, 0.1) is 0 Å². The fourth-order valence-corrected chi connectivity index (χ4v) is 2.72. The lowest BCUT2D eigenvalue weighted by Gasteiger charge is -2.20. The minimum absolute atomic E-state index is 0.307. The van der Waals surface area contributed by atoms with Crippen molar-refractivity contribution in [2.75, 3.05) is 4.90 Å². The van der Waals surface area contributed by atoms with Gasteiger partial charge in [0.1, 0.15) is 0 Å². The highest BCUT2D eigenvalue weighted by Crippen LogP contribution is 2.32. The van der Waals surface area contributed by atoms with Crippen LogP contribution < -0.4 is 4.90 Å². The summed E-state index contributed by atoms with van der Waals surface area (Å²) >= 11 is 11.9. The van der Waals surface area contributed by atoms with Crippen LogP contribution in [0.4, 0.5) is 16.2 Å². The summed E-state index contributed by atoms with van der Waals surface area (Å²) in [5, 5.41) is 10.3. The summed E-state index contributed by atoms with van der Waals surface area (Å²) in [6, 6.07) is 21.9. The van der Waals surface area contributed by atoms with E-state index in [0.29, 0.717) is 21.4 Å². The molecular weight excluding hydrogens is 345 g/mol. The van der Waals surface area contributed by atoms with Crippen molar-refractivity contribution in [3.05, 3.63) is 82.8 Å². The zero-order chi connectivity index (χ0) is 17.1. The maximum Gasteiger partial charge on any atom is 0.416 e. The number of nitrogens with zero attached hydrogens (tertiary/aromatic N) is 1. The molecule has 1 amide bonds. The lowest BCUT2D eigenvalue weighted by atomic mass is 10.1. The molecule has 120 valence electrons. The molecule has 0 heterocycles. The number of amides is 1. The average molecular weight is 358 g/mol. The van der Waals surface area contributed by atoms with Crippen molar-refractivity contribution in [3.63, 3.8) is 0 Å². The van der Waals surface area contributed by atoms with Crippen LogP contribution in [0.5, 0.6) is 0 Å². The number of benzene rings is 3. The van der Waals surface area contributed by atoms with E-state index in [1.54, 1.807) is 24.3 Å². The van der Waals surface area contributed by atoms with E-state index >= 15 is 0 Å². The van der Waals surface area contributed by atoms with Crippen LogP contribution in [0.15, 0.2) is 72.8 Å². The number of hydrogen-bond donors (Lipinski definition) is 1. The largest absolute Gasteiger partial charge is 0.464 e. The Morgan fingerprint density at radius 1 is 0.750 bits per heavy atom. The van der Waals surface area contributed by atoms with Crippen molar-refractivity contribution < 1.29 is 9.90 Å². The average Bonchev–Trinajstić information content (AvgIpc) is 2.59. The van der Waals surface area contributed by atoms with Gasteiger partial charge in [0, 0.05) is 0 Å². The lowest BCUT2D eigenvalue weighted by molar-refractivity contribution is 0.205. The summed E-state index contributed by atoms with van der Waals surface area (Å²) < 4.78 is 0. The van der Waals surface area contributed by atoms with Gasteiger partial charge in [0.15, 0.2) is 0 Å². The molecule has 24 heavy (non-hydrogen) atoms. The first-order valence-electron chi connectivity index (χ1n) is 7.20. The minimum Gasteiger partial charge on any atom is -0.464 e. The Morgan fingerprint density at radius 3 is 1.92 bits per heavy atom. The van der Waals surface area contributed by atoms with Crippen LogP contribution in [0.1, 0.15) is 0 Å². The predicted molar refractivity (Wildman–Crippen MR) is 98.5 cm³/mol. The molecule has 0 bridgehead atoms. The van der Waals surface area contributed by atoms with Crippen molar-refractivity contribution in [2.24, 2.45) is 0 Å². The number of carbonyl (C=O) groups is 1. The highest BCUT2D eigenvalue weighted by atomic mass is 35.5. The third-order valence-electron chi connectivity index (χ3n) is 3.59. The van der Waals surface area contributed by atoms with Gasteiger partial charge in [-0.1, -0.05) is 65.7 Å². The molecule has 0 aliphatic carbocycles. The molecule has 0 aliphatic rings. The molecule has 5 heteroatoms. The second-order valence-electron chi connectivity index (χ2n) is 5.13.